The van der Waals surface area contributed by atoms with Crippen molar-refractivity contribution in [2.45, 2.75) is 97.5 Å². The smallest absolute Gasteiger partial charge is 0.343 e. The second-order valence-electron chi connectivity index (χ2n) is 10.8. The van der Waals surface area contributed by atoms with Gasteiger partial charge in [0.15, 0.2) is 0 Å². The molecule has 5 nitrogen and oxygen atoms in total. The van der Waals surface area contributed by atoms with Crippen molar-refractivity contribution < 1.29 is 23.8 Å². The summed E-state index contributed by atoms with van der Waals surface area (Å²) in [6.45, 7) is 7.40. The number of carbonyl (C=O) groups is 2. The zero-order chi connectivity index (χ0) is 27.9. The number of unbranched alkanes of at least 4 members (excludes halogenated alkanes) is 3. The van der Waals surface area contributed by atoms with Crippen molar-refractivity contribution in [3.05, 3.63) is 71.8 Å². The van der Waals surface area contributed by atoms with Crippen molar-refractivity contribution >= 4 is 11.9 Å². The zero-order valence-corrected chi connectivity index (χ0v) is 24.0. The number of allylic oxidation sites excluding steroid dienone is 2. The van der Waals surface area contributed by atoms with E-state index in [0.717, 1.165) is 50.2 Å². The Balaban J connectivity index is 1.38. The third-order valence-corrected chi connectivity index (χ3v) is 7.55. The van der Waals surface area contributed by atoms with E-state index in [2.05, 4.69) is 32.9 Å². The van der Waals surface area contributed by atoms with Crippen LogP contribution in [0.15, 0.2) is 60.7 Å². The summed E-state index contributed by atoms with van der Waals surface area (Å²) in [4.78, 5) is 25.2. The number of esters is 2. The van der Waals surface area contributed by atoms with Crippen molar-refractivity contribution in [3.8, 4) is 11.5 Å². The molecule has 0 aliphatic heterocycles. The molecule has 212 valence electrons. The first-order chi connectivity index (χ1) is 19.0. The van der Waals surface area contributed by atoms with E-state index < -0.39 is 5.97 Å². The van der Waals surface area contributed by atoms with Crippen LogP contribution < -0.4 is 9.47 Å². The topological polar surface area (TPSA) is 61.8 Å². The Labute approximate surface area is 234 Å². The van der Waals surface area contributed by atoms with Gasteiger partial charge in [-0.3, -0.25) is 0 Å². The van der Waals surface area contributed by atoms with E-state index in [1.807, 2.05) is 0 Å². The molecule has 2 aromatic rings. The standard InChI is InChI=1S/C34H46O5/c1-4-6-8-12-27-13-19-31(20-14-27)38-34(36)29-17-23-32(24-18-29)39-33(35)28-15-21-30(22-16-28)37-25-10-7-9-11-26(3)5-2/h8,12,15-18,21-24,26-27,31H,4-7,9-11,13-14,19-20,25H2,1-3H3/b12-8+/t26-,27-,31-/m0/s1. The zero-order valence-electron chi connectivity index (χ0n) is 24.0. The Morgan fingerprint density at radius 2 is 1.49 bits per heavy atom. The maximum atomic E-state index is 12.6. The van der Waals surface area contributed by atoms with Gasteiger partial charge in [0, 0.05) is 0 Å². The van der Waals surface area contributed by atoms with Crippen LogP contribution in [0.2, 0.25) is 0 Å². The third-order valence-electron chi connectivity index (χ3n) is 7.55. The molecule has 1 aliphatic rings. The van der Waals surface area contributed by atoms with Gasteiger partial charge < -0.3 is 14.2 Å². The maximum Gasteiger partial charge on any atom is 0.343 e. The Morgan fingerprint density at radius 1 is 0.846 bits per heavy atom. The molecule has 0 heterocycles. The second kappa shape index (κ2) is 16.8. The second-order valence-corrected chi connectivity index (χ2v) is 10.8. The largest absolute Gasteiger partial charge is 0.494 e. The van der Waals surface area contributed by atoms with Crippen molar-refractivity contribution in [1.82, 2.24) is 0 Å². The molecule has 3 rings (SSSR count). The Morgan fingerprint density at radius 3 is 2.13 bits per heavy atom. The summed E-state index contributed by atoms with van der Waals surface area (Å²) >= 11 is 0. The highest BCUT2D eigenvalue weighted by Crippen LogP contribution is 2.28. The number of carbonyl (C=O) groups excluding carboxylic acids is 2. The molecule has 1 aliphatic carbocycles. The van der Waals surface area contributed by atoms with Crippen LogP contribution in [0.1, 0.15) is 112 Å². The lowest BCUT2D eigenvalue weighted by atomic mass is 9.87. The lowest BCUT2D eigenvalue weighted by Crippen LogP contribution is -2.24. The molecule has 0 bridgehead atoms. The van der Waals surface area contributed by atoms with Crippen LogP contribution in [0.25, 0.3) is 0 Å². The highest BCUT2D eigenvalue weighted by molar-refractivity contribution is 5.92. The number of hydrogen-bond donors (Lipinski definition) is 0. The quantitative estimate of drug-likeness (QED) is 0.0987. The minimum absolute atomic E-state index is 0.0348. The first kappa shape index (κ1) is 30.5. The van der Waals surface area contributed by atoms with Gasteiger partial charge in [0.25, 0.3) is 0 Å². The normalized spacial score (nSPS) is 18.0. The Kier molecular flexibility index (Phi) is 13.1. The van der Waals surface area contributed by atoms with E-state index >= 15 is 0 Å². The van der Waals surface area contributed by atoms with Crippen LogP contribution in [0.3, 0.4) is 0 Å². The predicted molar refractivity (Wildman–Crippen MR) is 156 cm³/mol. The van der Waals surface area contributed by atoms with Gasteiger partial charge in [0.2, 0.25) is 0 Å². The summed E-state index contributed by atoms with van der Waals surface area (Å²) in [7, 11) is 0. The molecule has 0 amide bonds. The first-order valence-corrected chi connectivity index (χ1v) is 14.9. The molecular formula is C34H46O5. The minimum atomic E-state index is -0.452. The van der Waals surface area contributed by atoms with Crippen LogP contribution in [-0.4, -0.2) is 24.6 Å². The van der Waals surface area contributed by atoms with Crippen LogP contribution in [0.4, 0.5) is 0 Å². The molecule has 1 saturated carbocycles. The van der Waals surface area contributed by atoms with E-state index in [9.17, 15) is 9.59 Å². The lowest BCUT2D eigenvalue weighted by molar-refractivity contribution is 0.0184. The molecule has 39 heavy (non-hydrogen) atoms. The molecule has 0 aromatic heterocycles. The molecule has 5 heteroatoms. The van der Waals surface area contributed by atoms with Gasteiger partial charge in [-0.2, -0.15) is 0 Å². The Bertz CT molecular complexity index is 1020. The summed E-state index contributed by atoms with van der Waals surface area (Å²) in [6, 6.07) is 13.5. The summed E-state index contributed by atoms with van der Waals surface area (Å²) in [5, 5.41) is 0. The average molecular weight is 535 g/mol. The van der Waals surface area contributed by atoms with Crippen LogP contribution in [0, 0.1) is 11.8 Å². The summed E-state index contributed by atoms with van der Waals surface area (Å²) in [5.74, 6) is 1.74. The van der Waals surface area contributed by atoms with Gasteiger partial charge in [-0.05, 0) is 98.9 Å². The van der Waals surface area contributed by atoms with Gasteiger partial charge in [-0.15, -0.1) is 0 Å². The summed E-state index contributed by atoms with van der Waals surface area (Å²) in [6.07, 6.45) is 16.7. The predicted octanol–water partition coefficient (Wildman–Crippen LogP) is 8.96. The number of ether oxygens (including phenoxy) is 3. The fourth-order valence-corrected chi connectivity index (χ4v) is 4.75. The highest BCUT2D eigenvalue weighted by atomic mass is 16.5. The minimum Gasteiger partial charge on any atom is -0.494 e. The molecule has 0 saturated heterocycles. The molecular weight excluding hydrogens is 488 g/mol. The number of benzene rings is 2. The van der Waals surface area contributed by atoms with Crippen LogP contribution in [0.5, 0.6) is 11.5 Å². The molecule has 0 radical (unpaired) electrons. The number of rotatable bonds is 15. The summed E-state index contributed by atoms with van der Waals surface area (Å²) < 4.78 is 17.0. The lowest BCUT2D eigenvalue weighted by Gasteiger charge is -2.26. The van der Waals surface area contributed by atoms with E-state index in [0.29, 0.717) is 29.4 Å². The molecule has 2 aromatic carbocycles. The van der Waals surface area contributed by atoms with Gasteiger partial charge in [0.1, 0.15) is 17.6 Å². The average Bonchev–Trinajstić information content (AvgIpc) is 2.96. The van der Waals surface area contributed by atoms with Crippen molar-refractivity contribution in [3.63, 3.8) is 0 Å². The molecule has 0 N–H and O–H groups in total. The van der Waals surface area contributed by atoms with Crippen molar-refractivity contribution in [1.29, 1.82) is 0 Å². The molecule has 0 unspecified atom stereocenters. The monoisotopic (exact) mass is 534 g/mol. The van der Waals surface area contributed by atoms with E-state index in [4.69, 9.17) is 14.2 Å². The number of hydrogen-bond acceptors (Lipinski definition) is 5. The fraction of sp³-hybridized carbons (Fsp3) is 0.529. The Hall–Kier alpha value is -3.08. The molecule has 0 spiro atoms. The maximum absolute atomic E-state index is 12.6. The van der Waals surface area contributed by atoms with Crippen molar-refractivity contribution in [2.75, 3.05) is 6.61 Å². The van der Waals surface area contributed by atoms with Gasteiger partial charge in [-0.25, -0.2) is 9.59 Å². The van der Waals surface area contributed by atoms with Crippen LogP contribution >= 0.6 is 0 Å². The summed E-state index contributed by atoms with van der Waals surface area (Å²) in [5.41, 5.74) is 0.903. The van der Waals surface area contributed by atoms with Crippen molar-refractivity contribution in [2.24, 2.45) is 11.8 Å². The molecule has 1 fully saturated rings. The SMILES string of the molecule is CCC/C=C/[C@H]1CC[C@H](OC(=O)c2ccc(OC(=O)c3ccc(OCCCCC[C@@H](C)CC)cc3)cc2)CC1. The third kappa shape index (κ3) is 10.9. The first-order valence-electron chi connectivity index (χ1n) is 14.9. The van der Waals surface area contributed by atoms with Gasteiger partial charge >= 0.3 is 11.9 Å². The highest BCUT2D eigenvalue weighted by Gasteiger charge is 2.23. The van der Waals surface area contributed by atoms with Gasteiger partial charge in [-0.1, -0.05) is 65.0 Å². The van der Waals surface area contributed by atoms with E-state index in [1.165, 1.54) is 32.1 Å². The van der Waals surface area contributed by atoms with Crippen LogP contribution in [-0.2, 0) is 4.74 Å². The van der Waals surface area contributed by atoms with Gasteiger partial charge in [0.05, 0.1) is 17.7 Å². The fourth-order valence-electron chi connectivity index (χ4n) is 4.75. The van der Waals surface area contributed by atoms with E-state index in [-0.39, 0.29) is 12.1 Å². The molecule has 1 atom stereocenters. The van der Waals surface area contributed by atoms with E-state index in [1.54, 1.807) is 48.5 Å².